The van der Waals surface area contributed by atoms with E-state index in [-0.39, 0.29) is 0 Å². The van der Waals surface area contributed by atoms with Gasteiger partial charge in [-0.05, 0) is 23.6 Å². The van der Waals surface area contributed by atoms with E-state index < -0.39 is 0 Å². The van der Waals surface area contributed by atoms with Crippen LogP contribution in [0.2, 0.25) is 5.02 Å². The Balaban J connectivity index is 2.60. The van der Waals surface area contributed by atoms with Crippen molar-refractivity contribution in [3.8, 4) is 0 Å². The van der Waals surface area contributed by atoms with Crippen LogP contribution in [0.15, 0.2) is 23.2 Å². The summed E-state index contributed by atoms with van der Waals surface area (Å²) in [6.07, 6.45) is 2.87. The lowest BCUT2D eigenvalue weighted by molar-refractivity contribution is 0.953. The number of benzene rings is 1. The van der Waals surface area contributed by atoms with Gasteiger partial charge >= 0.3 is 0 Å². The molecule has 2 rings (SSSR count). The van der Waals surface area contributed by atoms with Gasteiger partial charge in [-0.25, -0.2) is 0 Å². The quantitative estimate of drug-likeness (QED) is 0.560. The predicted octanol–water partition coefficient (Wildman–Crippen LogP) is 2.32. The first-order valence-corrected chi connectivity index (χ1v) is 4.03. The van der Waals surface area contributed by atoms with Crippen LogP contribution in [0.3, 0.4) is 0 Å². The van der Waals surface area contributed by atoms with Gasteiger partial charge in [-0.3, -0.25) is 4.99 Å². The van der Waals surface area contributed by atoms with Crippen LogP contribution in [0, 0.1) is 0 Å². The number of aliphatic imine (C=N–C) groups is 1. The van der Waals surface area contributed by atoms with Crippen molar-refractivity contribution < 1.29 is 0 Å². The average Bonchev–Trinajstić information content (AvgIpc) is 2.06. The van der Waals surface area contributed by atoms with Crippen LogP contribution >= 0.6 is 11.6 Å². The van der Waals surface area contributed by atoms with Gasteiger partial charge in [0.05, 0.1) is 0 Å². The third kappa shape index (κ3) is 1.16. The molecule has 0 amide bonds. The number of halogens is 1. The second-order valence-electron chi connectivity index (χ2n) is 2.59. The highest BCUT2D eigenvalue weighted by Crippen LogP contribution is 2.21. The summed E-state index contributed by atoms with van der Waals surface area (Å²) in [6, 6.07) is 5.93. The second kappa shape index (κ2) is 2.67. The summed E-state index contributed by atoms with van der Waals surface area (Å²) < 4.78 is 0. The first-order valence-electron chi connectivity index (χ1n) is 3.65. The maximum absolute atomic E-state index is 5.98. The maximum Gasteiger partial charge on any atom is 0.0445 e. The van der Waals surface area contributed by atoms with Crippen LogP contribution in [-0.2, 0) is 6.42 Å². The molecule has 1 aliphatic heterocycles. The molecule has 11 heavy (non-hydrogen) atoms. The van der Waals surface area contributed by atoms with E-state index >= 15 is 0 Å². The third-order valence-electron chi connectivity index (χ3n) is 1.88. The lowest BCUT2D eigenvalue weighted by Gasteiger charge is -2.10. The summed E-state index contributed by atoms with van der Waals surface area (Å²) in [6.45, 7) is 0.872. The van der Waals surface area contributed by atoms with Crippen molar-refractivity contribution in [3.63, 3.8) is 0 Å². The summed E-state index contributed by atoms with van der Waals surface area (Å²) in [4.78, 5) is 4.18. The molecule has 1 aromatic rings. The molecule has 0 fully saturated rings. The van der Waals surface area contributed by atoms with Gasteiger partial charge in [0, 0.05) is 17.8 Å². The number of hydrogen-bond donors (Lipinski definition) is 0. The fourth-order valence-electron chi connectivity index (χ4n) is 1.30. The Morgan fingerprint density at radius 1 is 1.36 bits per heavy atom. The zero-order chi connectivity index (χ0) is 7.68. The van der Waals surface area contributed by atoms with Crippen LogP contribution in [0.5, 0.6) is 0 Å². The fourth-order valence-corrected chi connectivity index (χ4v) is 1.58. The van der Waals surface area contributed by atoms with Crippen LogP contribution in [0.25, 0.3) is 0 Å². The fraction of sp³-hybridized carbons (Fsp3) is 0.222. The summed E-state index contributed by atoms with van der Waals surface area (Å²) in [7, 11) is 0. The normalized spacial score (nSPS) is 14.6. The summed E-state index contributed by atoms with van der Waals surface area (Å²) in [5.41, 5.74) is 2.41. The van der Waals surface area contributed by atoms with Gasteiger partial charge < -0.3 is 0 Å². The van der Waals surface area contributed by atoms with Crippen molar-refractivity contribution in [2.45, 2.75) is 6.42 Å². The SMILES string of the molecule is Clc1cccc2c1CCN=C2. The molecule has 0 aromatic heterocycles. The molecule has 0 saturated carbocycles. The summed E-state index contributed by atoms with van der Waals surface area (Å²) >= 11 is 5.98. The van der Waals surface area contributed by atoms with E-state index in [1.807, 2.05) is 24.4 Å². The van der Waals surface area contributed by atoms with E-state index in [2.05, 4.69) is 4.99 Å². The van der Waals surface area contributed by atoms with Crippen LogP contribution in [0.1, 0.15) is 11.1 Å². The molecule has 0 aliphatic carbocycles. The maximum atomic E-state index is 5.98. The van der Waals surface area contributed by atoms with Gasteiger partial charge in [0.1, 0.15) is 0 Å². The molecule has 1 aliphatic rings. The van der Waals surface area contributed by atoms with Gasteiger partial charge in [-0.1, -0.05) is 23.7 Å². The van der Waals surface area contributed by atoms with Crippen molar-refractivity contribution in [1.82, 2.24) is 0 Å². The highest BCUT2D eigenvalue weighted by molar-refractivity contribution is 6.31. The minimum atomic E-state index is 0.869. The van der Waals surface area contributed by atoms with Crippen molar-refractivity contribution in [2.75, 3.05) is 6.54 Å². The number of nitrogens with zero attached hydrogens (tertiary/aromatic N) is 1. The van der Waals surface area contributed by atoms with Gasteiger partial charge in [0.2, 0.25) is 0 Å². The van der Waals surface area contributed by atoms with Crippen molar-refractivity contribution in [2.24, 2.45) is 4.99 Å². The lowest BCUT2D eigenvalue weighted by Crippen LogP contribution is -2.02. The highest BCUT2D eigenvalue weighted by atomic mass is 35.5. The van der Waals surface area contributed by atoms with Crippen LogP contribution < -0.4 is 0 Å². The Bertz CT molecular complexity index is 304. The predicted molar refractivity (Wildman–Crippen MR) is 47.6 cm³/mol. The zero-order valence-electron chi connectivity index (χ0n) is 6.05. The molecule has 0 N–H and O–H groups in total. The first-order chi connectivity index (χ1) is 5.38. The molecule has 0 saturated heterocycles. The van der Waals surface area contributed by atoms with Crippen molar-refractivity contribution in [1.29, 1.82) is 0 Å². The highest BCUT2D eigenvalue weighted by Gasteiger charge is 2.07. The monoisotopic (exact) mass is 165 g/mol. The Labute approximate surface area is 70.7 Å². The smallest absolute Gasteiger partial charge is 0.0445 e. The molecule has 0 unspecified atom stereocenters. The summed E-state index contributed by atoms with van der Waals surface area (Å²) in [5, 5.41) is 0.869. The minimum absolute atomic E-state index is 0.869. The molecule has 2 heteroatoms. The molecule has 1 aromatic carbocycles. The number of fused-ring (bicyclic) bond motifs is 1. The van der Waals surface area contributed by atoms with E-state index in [0.29, 0.717) is 0 Å². The second-order valence-corrected chi connectivity index (χ2v) is 3.00. The Kier molecular flexibility index (Phi) is 1.66. The molecule has 0 spiro atoms. The lowest BCUT2D eigenvalue weighted by atomic mass is 10.0. The van der Waals surface area contributed by atoms with Crippen molar-refractivity contribution in [3.05, 3.63) is 34.3 Å². The molecule has 1 heterocycles. The van der Waals surface area contributed by atoms with Gasteiger partial charge in [-0.2, -0.15) is 0 Å². The molecule has 1 nitrogen and oxygen atoms in total. The first kappa shape index (κ1) is 6.86. The molecule has 0 bridgehead atoms. The van der Waals surface area contributed by atoms with Crippen LogP contribution in [-0.4, -0.2) is 12.8 Å². The molecule has 0 radical (unpaired) electrons. The van der Waals surface area contributed by atoms with E-state index in [1.165, 1.54) is 11.1 Å². The molecule has 0 atom stereocenters. The Hall–Kier alpha value is -0.820. The molecular formula is C9H8ClN. The zero-order valence-corrected chi connectivity index (χ0v) is 6.80. The third-order valence-corrected chi connectivity index (χ3v) is 2.23. The van der Waals surface area contributed by atoms with Gasteiger partial charge in [0.25, 0.3) is 0 Å². The average molecular weight is 166 g/mol. The number of rotatable bonds is 0. The standard InChI is InChI=1S/C9H8ClN/c10-9-3-1-2-7-6-11-5-4-8(7)9/h1-3,6H,4-5H2. The van der Waals surface area contributed by atoms with E-state index in [1.54, 1.807) is 0 Å². The van der Waals surface area contributed by atoms with Gasteiger partial charge in [0.15, 0.2) is 0 Å². The van der Waals surface area contributed by atoms with E-state index in [9.17, 15) is 0 Å². The minimum Gasteiger partial charge on any atom is -0.292 e. The molecular weight excluding hydrogens is 158 g/mol. The molecule has 56 valence electrons. The van der Waals surface area contributed by atoms with Gasteiger partial charge in [-0.15, -0.1) is 0 Å². The Morgan fingerprint density at radius 2 is 2.27 bits per heavy atom. The van der Waals surface area contributed by atoms with Crippen molar-refractivity contribution >= 4 is 17.8 Å². The number of hydrogen-bond acceptors (Lipinski definition) is 1. The Morgan fingerprint density at radius 3 is 3.09 bits per heavy atom. The summed E-state index contributed by atoms with van der Waals surface area (Å²) in [5.74, 6) is 0. The largest absolute Gasteiger partial charge is 0.292 e. The van der Waals surface area contributed by atoms with Crippen LogP contribution in [0.4, 0.5) is 0 Å². The van der Waals surface area contributed by atoms with E-state index in [0.717, 1.165) is 18.0 Å². The van der Waals surface area contributed by atoms with E-state index in [4.69, 9.17) is 11.6 Å². The topological polar surface area (TPSA) is 12.4 Å².